The third kappa shape index (κ3) is 3.91. The van der Waals surface area contributed by atoms with Gasteiger partial charge in [0.2, 0.25) is 0 Å². The van der Waals surface area contributed by atoms with E-state index in [0.717, 1.165) is 16.8 Å². The van der Waals surface area contributed by atoms with E-state index in [1.54, 1.807) is 23.5 Å². The average molecular weight is 299 g/mol. The molecule has 2 rings (SSSR count). The Labute approximate surface area is 128 Å². The largest absolute Gasteiger partial charge is 0.336 e. The molecule has 0 aliphatic carbocycles. The number of carbonyl (C=O) groups excluding carboxylic acids is 1. The molecular formula is C16H17N3OS. The van der Waals surface area contributed by atoms with Crippen LogP contribution in [0.2, 0.25) is 0 Å². The maximum atomic E-state index is 12.4. The Morgan fingerprint density at radius 3 is 2.90 bits per heavy atom. The van der Waals surface area contributed by atoms with Crippen molar-refractivity contribution in [3.63, 3.8) is 0 Å². The van der Waals surface area contributed by atoms with Gasteiger partial charge in [-0.15, -0.1) is 11.3 Å². The first-order valence-corrected chi connectivity index (χ1v) is 7.48. The number of aromatic nitrogens is 1. The lowest BCUT2D eigenvalue weighted by atomic mass is 10.0. The van der Waals surface area contributed by atoms with E-state index in [1.807, 2.05) is 24.4 Å². The van der Waals surface area contributed by atoms with Gasteiger partial charge in [0.05, 0.1) is 24.3 Å². The van der Waals surface area contributed by atoms with E-state index in [9.17, 15) is 4.79 Å². The molecule has 0 spiro atoms. The van der Waals surface area contributed by atoms with Gasteiger partial charge in [-0.25, -0.2) is 4.98 Å². The summed E-state index contributed by atoms with van der Waals surface area (Å²) in [6.45, 7) is 2.78. The zero-order valence-corrected chi connectivity index (χ0v) is 12.9. The molecule has 0 saturated heterocycles. The monoisotopic (exact) mass is 299 g/mol. The maximum absolute atomic E-state index is 12.4. The summed E-state index contributed by atoms with van der Waals surface area (Å²) >= 11 is 1.53. The van der Waals surface area contributed by atoms with Crippen LogP contribution < -0.4 is 5.73 Å². The van der Waals surface area contributed by atoms with Gasteiger partial charge in [0.25, 0.3) is 5.91 Å². The first kappa shape index (κ1) is 15.2. The number of hydrogen-bond donors (Lipinski definition) is 1. The quantitative estimate of drug-likeness (QED) is 0.882. The molecular weight excluding hydrogens is 282 g/mol. The molecule has 0 bridgehead atoms. The maximum Gasteiger partial charge on any atom is 0.253 e. The molecule has 1 aromatic heterocycles. The van der Waals surface area contributed by atoms with Crippen LogP contribution in [0.1, 0.15) is 27.2 Å². The standard InChI is InChI=1S/C16H17N3OS/c1-12-8-14(6-5-13(12)4-3-7-17)16(20)19(2)9-15-10-21-11-18-15/h5-6,8,10-11H,7,9,17H2,1-2H3. The zero-order chi connectivity index (χ0) is 15.2. The number of thiazole rings is 1. The minimum absolute atomic E-state index is 0.0237. The summed E-state index contributed by atoms with van der Waals surface area (Å²) in [5.41, 5.74) is 10.6. The van der Waals surface area contributed by atoms with Crippen molar-refractivity contribution in [3.05, 3.63) is 51.5 Å². The number of benzene rings is 1. The Balaban J connectivity index is 2.14. The highest BCUT2D eigenvalue weighted by molar-refractivity contribution is 7.07. The van der Waals surface area contributed by atoms with E-state index < -0.39 is 0 Å². The van der Waals surface area contributed by atoms with Gasteiger partial charge in [0, 0.05) is 23.6 Å². The van der Waals surface area contributed by atoms with Gasteiger partial charge >= 0.3 is 0 Å². The lowest BCUT2D eigenvalue weighted by molar-refractivity contribution is 0.0783. The van der Waals surface area contributed by atoms with Crippen LogP contribution in [0, 0.1) is 18.8 Å². The number of nitrogens with zero attached hydrogens (tertiary/aromatic N) is 2. The third-order valence-corrected chi connectivity index (χ3v) is 3.66. The average Bonchev–Trinajstić information content (AvgIpc) is 2.98. The van der Waals surface area contributed by atoms with E-state index >= 15 is 0 Å². The SMILES string of the molecule is Cc1cc(C(=O)N(C)Cc2cscn2)ccc1C#CCN. The van der Waals surface area contributed by atoms with E-state index in [-0.39, 0.29) is 5.91 Å². The smallest absolute Gasteiger partial charge is 0.253 e. The lowest BCUT2D eigenvalue weighted by Gasteiger charge is -2.16. The first-order valence-electron chi connectivity index (χ1n) is 6.54. The zero-order valence-electron chi connectivity index (χ0n) is 12.1. The van der Waals surface area contributed by atoms with Gasteiger partial charge in [-0.1, -0.05) is 11.8 Å². The fourth-order valence-electron chi connectivity index (χ4n) is 1.93. The predicted molar refractivity (Wildman–Crippen MR) is 85.0 cm³/mol. The van der Waals surface area contributed by atoms with Crippen LogP contribution in [0.25, 0.3) is 0 Å². The number of amides is 1. The van der Waals surface area contributed by atoms with Crippen LogP contribution in [0.4, 0.5) is 0 Å². The van der Waals surface area contributed by atoms with Crippen molar-refractivity contribution in [2.45, 2.75) is 13.5 Å². The second-order valence-corrected chi connectivity index (χ2v) is 5.40. The number of hydrogen-bond acceptors (Lipinski definition) is 4. The molecule has 0 atom stereocenters. The summed E-state index contributed by atoms with van der Waals surface area (Å²) in [5.74, 6) is 5.79. The molecule has 5 heteroatoms. The third-order valence-electron chi connectivity index (χ3n) is 3.03. The molecule has 0 unspecified atom stereocenters. The fraction of sp³-hybridized carbons (Fsp3) is 0.250. The van der Waals surface area contributed by atoms with Crippen LogP contribution in [0.3, 0.4) is 0 Å². The Morgan fingerprint density at radius 1 is 1.48 bits per heavy atom. The highest BCUT2D eigenvalue weighted by atomic mass is 32.1. The van der Waals surface area contributed by atoms with Crippen molar-refractivity contribution in [2.24, 2.45) is 5.73 Å². The minimum atomic E-state index is -0.0237. The highest BCUT2D eigenvalue weighted by Gasteiger charge is 2.13. The fourth-order valence-corrected chi connectivity index (χ4v) is 2.48. The molecule has 2 aromatic rings. The molecule has 1 aromatic carbocycles. The number of nitrogens with two attached hydrogens (primary N) is 1. The summed E-state index contributed by atoms with van der Waals surface area (Å²) in [7, 11) is 1.78. The van der Waals surface area contributed by atoms with Crippen molar-refractivity contribution >= 4 is 17.2 Å². The van der Waals surface area contributed by atoms with Crippen molar-refractivity contribution in [1.29, 1.82) is 0 Å². The van der Waals surface area contributed by atoms with Crippen LogP contribution >= 0.6 is 11.3 Å². The van der Waals surface area contributed by atoms with E-state index in [0.29, 0.717) is 18.7 Å². The lowest BCUT2D eigenvalue weighted by Crippen LogP contribution is -2.26. The summed E-state index contributed by atoms with van der Waals surface area (Å²) in [6.07, 6.45) is 0. The molecule has 1 heterocycles. The molecule has 0 aliphatic heterocycles. The normalized spacial score (nSPS) is 9.86. The molecule has 1 amide bonds. The van der Waals surface area contributed by atoms with E-state index in [2.05, 4.69) is 16.8 Å². The van der Waals surface area contributed by atoms with Crippen LogP contribution in [-0.4, -0.2) is 29.4 Å². The number of carbonyl (C=O) groups is 1. The summed E-state index contributed by atoms with van der Waals surface area (Å²) in [6, 6.07) is 5.52. The molecule has 4 nitrogen and oxygen atoms in total. The van der Waals surface area contributed by atoms with Crippen molar-refractivity contribution in [3.8, 4) is 11.8 Å². The molecule has 0 aliphatic rings. The van der Waals surface area contributed by atoms with Crippen LogP contribution in [-0.2, 0) is 6.54 Å². The van der Waals surface area contributed by atoms with Crippen molar-refractivity contribution in [1.82, 2.24) is 9.88 Å². The summed E-state index contributed by atoms with van der Waals surface area (Å²) < 4.78 is 0. The molecule has 0 fully saturated rings. The van der Waals surface area contributed by atoms with Gasteiger partial charge in [-0.05, 0) is 30.7 Å². The Kier molecular flexibility index (Phi) is 5.09. The van der Waals surface area contributed by atoms with Gasteiger partial charge in [0.1, 0.15) is 0 Å². The summed E-state index contributed by atoms with van der Waals surface area (Å²) in [4.78, 5) is 18.2. The second kappa shape index (κ2) is 7.02. The first-order chi connectivity index (χ1) is 10.1. The highest BCUT2D eigenvalue weighted by Crippen LogP contribution is 2.13. The van der Waals surface area contributed by atoms with E-state index in [4.69, 9.17) is 5.73 Å². The minimum Gasteiger partial charge on any atom is -0.336 e. The molecule has 21 heavy (non-hydrogen) atoms. The van der Waals surface area contributed by atoms with Gasteiger partial charge in [-0.2, -0.15) is 0 Å². The van der Waals surface area contributed by atoms with Crippen LogP contribution in [0.5, 0.6) is 0 Å². The van der Waals surface area contributed by atoms with Crippen LogP contribution in [0.15, 0.2) is 29.1 Å². The Bertz CT molecular complexity index is 683. The van der Waals surface area contributed by atoms with E-state index in [1.165, 1.54) is 11.3 Å². The summed E-state index contributed by atoms with van der Waals surface area (Å²) in [5, 5.41) is 1.94. The van der Waals surface area contributed by atoms with Crippen molar-refractivity contribution < 1.29 is 4.79 Å². The molecule has 2 N–H and O–H groups in total. The van der Waals surface area contributed by atoms with Gasteiger partial charge in [-0.3, -0.25) is 4.79 Å². The Morgan fingerprint density at radius 2 is 2.29 bits per heavy atom. The molecule has 0 radical (unpaired) electrons. The second-order valence-electron chi connectivity index (χ2n) is 4.68. The number of aryl methyl sites for hydroxylation is 1. The molecule has 0 saturated carbocycles. The predicted octanol–water partition coefficient (Wildman–Crippen LogP) is 2.03. The topological polar surface area (TPSA) is 59.2 Å². The van der Waals surface area contributed by atoms with Gasteiger partial charge in [0.15, 0.2) is 0 Å². The van der Waals surface area contributed by atoms with Crippen molar-refractivity contribution in [2.75, 3.05) is 13.6 Å². The molecule has 108 valence electrons. The van der Waals surface area contributed by atoms with Gasteiger partial charge < -0.3 is 10.6 Å². The number of rotatable bonds is 3. The Hall–Kier alpha value is -2.16.